The number of alkyl halides is 3. The van der Waals surface area contributed by atoms with Gasteiger partial charge < -0.3 is 0 Å². The van der Waals surface area contributed by atoms with Crippen molar-refractivity contribution < 1.29 is 0 Å². The highest BCUT2D eigenvalue weighted by molar-refractivity contribution is 14.2. The van der Waals surface area contributed by atoms with Crippen LogP contribution in [0, 0.1) is 0 Å². The lowest BCUT2D eigenvalue weighted by Gasteiger charge is -2.09. The van der Waals surface area contributed by atoms with E-state index in [0.29, 0.717) is 7.81 Å². The van der Waals surface area contributed by atoms with Crippen LogP contribution in [0.25, 0.3) is 0 Å². The summed E-state index contributed by atoms with van der Waals surface area (Å²) in [5.74, 6) is 0.526. The van der Waals surface area contributed by atoms with Gasteiger partial charge in [-0.05, 0) is 17.2 Å². The molecule has 0 N–H and O–H groups in total. The zero-order valence-electron chi connectivity index (χ0n) is 6.03. The second-order valence-electron chi connectivity index (χ2n) is 2.25. The lowest BCUT2D eigenvalue weighted by atomic mass is 10.1. The zero-order chi connectivity index (χ0) is 9.14. The van der Waals surface area contributed by atoms with E-state index in [1.165, 1.54) is 0 Å². The minimum Gasteiger partial charge on any atom is -0.122 e. The smallest absolute Gasteiger partial charge is 0.0892 e. The molecule has 0 nitrogen and oxygen atoms in total. The number of hydrogen-bond acceptors (Lipinski definition) is 0. The van der Waals surface area contributed by atoms with E-state index in [-0.39, 0.29) is 0 Å². The van der Waals surface area contributed by atoms with Gasteiger partial charge >= 0.3 is 0 Å². The van der Waals surface area contributed by atoms with E-state index in [4.69, 9.17) is 23.2 Å². The molecule has 0 fully saturated rings. The monoisotopic (exact) mass is 426 g/mol. The first-order valence-corrected chi connectivity index (χ1v) is 6.68. The summed E-state index contributed by atoms with van der Waals surface area (Å²) in [4.78, 5) is 0. The van der Waals surface area contributed by atoms with Gasteiger partial charge in [-0.25, -0.2) is 0 Å². The van der Waals surface area contributed by atoms with Gasteiger partial charge in [0.25, 0.3) is 0 Å². The van der Waals surface area contributed by atoms with E-state index < -0.39 is 0 Å². The van der Waals surface area contributed by atoms with Crippen LogP contribution in [0.5, 0.6) is 0 Å². The lowest BCUT2D eigenvalue weighted by Crippen LogP contribution is -1.90. The van der Waals surface area contributed by atoms with Gasteiger partial charge in [0, 0.05) is 10.9 Å². The van der Waals surface area contributed by atoms with Gasteiger partial charge in [-0.1, -0.05) is 68.9 Å². The van der Waals surface area contributed by atoms with Gasteiger partial charge in [-0.2, -0.15) is 0 Å². The molecule has 0 heterocycles. The second kappa shape index (κ2) is 5.22. The van der Waals surface area contributed by atoms with E-state index >= 15 is 0 Å². The van der Waals surface area contributed by atoms with Gasteiger partial charge in [0.1, 0.15) is 0 Å². The van der Waals surface area contributed by atoms with Gasteiger partial charge in [-0.3, -0.25) is 0 Å². The molecule has 0 spiro atoms. The van der Waals surface area contributed by atoms with E-state index in [1.807, 2.05) is 18.2 Å². The summed E-state index contributed by atoms with van der Waals surface area (Å²) in [6, 6.07) is 5.84. The molecule has 1 aromatic rings. The summed E-state index contributed by atoms with van der Waals surface area (Å²) in [5, 5.41) is 0.807. The molecule has 0 aliphatic heterocycles. The Morgan fingerprint density at radius 1 is 1.33 bits per heavy atom. The Morgan fingerprint density at radius 3 is 2.42 bits per heavy atom. The third-order valence-corrected chi connectivity index (χ3v) is 3.37. The fraction of sp³-hybridized carbons (Fsp3) is 0.250. The summed E-state index contributed by atoms with van der Waals surface area (Å²) in [6.07, 6.45) is 0. The SMILES string of the molecule is ClCc1cccc(Cl)c1C(I)I. The molecule has 0 amide bonds. The quantitative estimate of drug-likeness (QED) is 0.464. The third kappa shape index (κ3) is 2.62. The Bertz CT molecular complexity index is 274. The van der Waals surface area contributed by atoms with Crippen LogP contribution in [0.1, 0.15) is 13.1 Å². The maximum Gasteiger partial charge on any atom is 0.0892 e. The van der Waals surface area contributed by atoms with Crippen LogP contribution in [0.2, 0.25) is 5.02 Å². The average Bonchev–Trinajstić information content (AvgIpc) is 2.03. The van der Waals surface area contributed by atoms with Crippen LogP contribution < -0.4 is 0 Å². The molecule has 0 saturated carbocycles. The Labute approximate surface area is 109 Å². The zero-order valence-corrected chi connectivity index (χ0v) is 11.9. The molecule has 1 aromatic carbocycles. The summed E-state index contributed by atoms with van der Waals surface area (Å²) < 4.78 is 0.377. The van der Waals surface area contributed by atoms with Crippen molar-refractivity contribution in [2.24, 2.45) is 0 Å². The van der Waals surface area contributed by atoms with E-state index in [9.17, 15) is 0 Å². The highest BCUT2D eigenvalue weighted by atomic mass is 127. The van der Waals surface area contributed by atoms with E-state index in [0.717, 1.165) is 16.1 Å². The first-order valence-electron chi connectivity index (χ1n) is 3.28. The molecule has 0 radical (unpaired) electrons. The van der Waals surface area contributed by atoms with E-state index in [1.54, 1.807) is 0 Å². The lowest BCUT2D eigenvalue weighted by molar-refractivity contribution is 1.30. The van der Waals surface area contributed by atoms with Crippen molar-refractivity contribution in [3.05, 3.63) is 34.3 Å². The predicted molar refractivity (Wildman–Crippen MR) is 71.8 cm³/mol. The fourth-order valence-corrected chi connectivity index (χ4v) is 3.32. The van der Waals surface area contributed by atoms with Crippen molar-refractivity contribution in [3.63, 3.8) is 0 Å². The molecule has 1 rings (SSSR count). The number of hydrogen-bond donors (Lipinski definition) is 0. The van der Waals surface area contributed by atoms with Crippen molar-refractivity contribution in [2.45, 2.75) is 7.81 Å². The fourth-order valence-electron chi connectivity index (χ4n) is 0.943. The molecule has 0 aromatic heterocycles. The van der Waals surface area contributed by atoms with Crippen LogP contribution in [-0.4, -0.2) is 0 Å². The van der Waals surface area contributed by atoms with Crippen molar-refractivity contribution in [2.75, 3.05) is 0 Å². The number of benzene rings is 1. The predicted octanol–water partition coefficient (Wildman–Crippen LogP) is 4.95. The van der Waals surface area contributed by atoms with Crippen molar-refractivity contribution in [3.8, 4) is 0 Å². The third-order valence-electron chi connectivity index (χ3n) is 1.51. The summed E-state index contributed by atoms with van der Waals surface area (Å²) >= 11 is 16.5. The first-order chi connectivity index (χ1) is 5.66. The Morgan fingerprint density at radius 2 is 2.00 bits per heavy atom. The highest BCUT2D eigenvalue weighted by Gasteiger charge is 2.11. The highest BCUT2D eigenvalue weighted by Crippen LogP contribution is 2.38. The molecule has 0 atom stereocenters. The molecule has 0 saturated heterocycles. The molecule has 0 unspecified atom stereocenters. The summed E-state index contributed by atoms with van der Waals surface area (Å²) in [6.45, 7) is 0. The number of rotatable bonds is 2. The van der Waals surface area contributed by atoms with Gasteiger partial charge in [0.05, 0.1) is 1.93 Å². The van der Waals surface area contributed by atoms with Crippen LogP contribution in [0.4, 0.5) is 0 Å². The molecule has 4 heteroatoms. The van der Waals surface area contributed by atoms with Gasteiger partial charge in [0.15, 0.2) is 0 Å². The Hall–Kier alpha value is 1.26. The minimum absolute atomic E-state index is 0.377. The topological polar surface area (TPSA) is 0 Å². The largest absolute Gasteiger partial charge is 0.122 e. The molecule has 0 bridgehead atoms. The minimum atomic E-state index is 0.377. The van der Waals surface area contributed by atoms with Crippen molar-refractivity contribution in [1.82, 2.24) is 0 Å². The van der Waals surface area contributed by atoms with E-state index in [2.05, 4.69) is 45.2 Å². The summed E-state index contributed by atoms with van der Waals surface area (Å²) in [7, 11) is 0. The van der Waals surface area contributed by atoms with Gasteiger partial charge in [-0.15, -0.1) is 11.6 Å². The maximum absolute atomic E-state index is 6.03. The Kier molecular flexibility index (Phi) is 4.93. The van der Waals surface area contributed by atoms with Crippen LogP contribution in [0.3, 0.4) is 0 Å². The van der Waals surface area contributed by atoms with Crippen LogP contribution >= 0.6 is 68.4 Å². The summed E-state index contributed by atoms with van der Waals surface area (Å²) in [5.41, 5.74) is 2.27. The van der Waals surface area contributed by atoms with Crippen molar-refractivity contribution >= 4 is 68.4 Å². The number of halogens is 4. The second-order valence-corrected chi connectivity index (χ2v) is 7.80. The average molecular weight is 427 g/mol. The normalized spacial score (nSPS) is 10.8. The maximum atomic E-state index is 6.03. The molecule has 0 aliphatic carbocycles. The molecule has 12 heavy (non-hydrogen) atoms. The first kappa shape index (κ1) is 11.3. The standard InChI is InChI=1S/C8H6Cl2I2/c9-4-5-2-1-3-6(10)7(5)8(11)12/h1-3,8H,4H2. The van der Waals surface area contributed by atoms with Gasteiger partial charge in [0.2, 0.25) is 0 Å². The van der Waals surface area contributed by atoms with Crippen molar-refractivity contribution in [1.29, 1.82) is 0 Å². The van der Waals surface area contributed by atoms with Crippen LogP contribution in [0.15, 0.2) is 18.2 Å². The molecular weight excluding hydrogens is 421 g/mol. The van der Waals surface area contributed by atoms with Crippen LogP contribution in [-0.2, 0) is 5.88 Å². The molecule has 0 aliphatic rings. The Balaban J connectivity index is 3.20. The molecular formula is C8H6Cl2I2. The molecule has 66 valence electrons.